The number of tetrazole rings is 1. The van der Waals surface area contributed by atoms with Crippen LogP contribution in [0.2, 0.25) is 0 Å². The third-order valence-electron chi connectivity index (χ3n) is 2.10. The lowest BCUT2D eigenvalue weighted by Crippen LogP contribution is -2.08. The van der Waals surface area contributed by atoms with E-state index in [0.717, 1.165) is 6.54 Å². The highest BCUT2D eigenvalue weighted by atomic mass is 15.6. The van der Waals surface area contributed by atoms with Crippen molar-refractivity contribution < 1.29 is 0 Å². The number of aryl methyl sites for hydroxylation is 2. The SMILES string of the molecule is Cn1cccc1CNc1nnnn1C. The van der Waals surface area contributed by atoms with E-state index < -0.39 is 0 Å². The smallest absolute Gasteiger partial charge is 0.242 e. The normalized spacial score (nSPS) is 10.4. The van der Waals surface area contributed by atoms with Gasteiger partial charge in [0.1, 0.15) is 0 Å². The lowest BCUT2D eigenvalue weighted by Gasteiger charge is -2.04. The van der Waals surface area contributed by atoms with E-state index in [1.807, 2.05) is 19.3 Å². The van der Waals surface area contributed by atoms with Crippen molar-refractivity contribution >= 4 is 5.95 Å². The van der Waals surface area contributed by atoms with Gasteiger partial charge in [-0.2, -0.15) is 0 Å². The fourth-order valence-electron chi connectivity index (χ4n) is 1.23. The number of rotatable bonds is 3. The maximum atomic E-state index is 3.83. The number of nitrogens with zero attached hydrogens (tertiary/aromatic N) is 5. The summed E-state index contributed by atoms with van der Waals surface area (Å²) < 4.78 is 3.65. The van der Waals surface area contributed by atoms with E-state index in [1.54, 1.807) is 11.7 Å². The van der Waals surface area contributed by atoms with Crippen molar-refractivity contribution in [2.75, 3.05) is 5.32 Å². The zero-order chi connectivity index (χ0) is 9.97. The van der Waals surface area contributed by atoms with Crippen LogP contribution in [0.25, 0.3) is 0 Å². The molecule has 0 aliphatic carbocycles. The maximum absolute atomic E-state index is 3.83. The average molecular weight is 192 g/mol. The zero-order valence-electron chi connectivity index (χ0n) is 8.18. The maximum Gasteiger partial charge on any atom is 0.242 e. The van der Waals surface area contributed by atoms with Gasteiger partial charge in [-0.3, -0.25) is 0 Å². The standard InChI is InChI=1S/C8H12N6/c1-13-5-3-4-7(13)6-9-8-10-11-12-14(8)2/h3-5H,6H2,1-2H3,(H,9,10,12). The predicted octanol–water partition coefficient (Wildman–Crippen LogP) is 0.161. The highest BCUT2D eigenvalue weighted by molar-refractivity contribution is 5.23. The molecule has 74 valence electrons. The quantitative estimate of drug-likeness (QED) is 0.752. The van der Waals surface area contributed by atoms with E-state index in [4.69, 9.17) is 0 Å². The Balaban J connectivity index is 2.02. The molecule has 0 saturated carbocycles. The molecule has 0 bridgehead atoms. The highest BCUT2D eigenvalue weighted by Gasteiger charge is 2.01. The van der Waals surface area contributed by atoms with Crippen LogP contribution < -0.4 is 5.32 Å². The van der Waals surface area contributed by atoms with E-state index in [1.165, 1.54) is 5.69 Å². The molecular formula is C8H12N6. The molecule has 2 heterocycles. The molecule has 0 fully saturated rings. The Kier molecular flexibility index (Phi) is 2.18. The lowest BCUT2D eigenvalue weighted by molar-refractivity contribution is 0.710. The lowest BCUT2D eigenvalue weighted by atomic mass is 10.4. The number of hydrogen-bond acceptors (Lipinski definition) is 4. The monoisotopic (exact) mass is 192 g/mol. The summed E-state index contributed by atoms with van der Waals surface area (Å²) in [6.45, 7) is 0.720. The molecule has 2 rings (SSSR count). The van der Waals surface area contributed by atoms with Crippen LogP contribution in [0.3, 0.4) is 0 Å². The molecule has 14 heavy (non-hydrogen) atoms. The minimum absolute atomic E-state index is 0.672. The van der Waals surface area contributed by atoms with E-state index in [0.29, 0.717) is 5.95 Å². The molecule has 6 nitrogen and oxygen atoms in total. The van der Waals surface area contributed by atoms with Gasteiger partial charge in [0.05, 0.1) is 6.54 Å². The molecule has 0 aliphatic rings. The van der Waals surface area contributed by atoms with E-state index in [9.17, 15) is 0 Å². The molecule has 0 aromatic carbocycles. The summed E-state index contributed by atoms with van der Waals surface area (Å²) >= 11 is 0. The van der Waals surface area contributed by atoms with Gasteiger partial charge in [-0.1, -0.05) is 5.10 Å². The topological polar surface area (TPSA) is 60.6 Å². The van der Waals surface area contributed by atoms with Crippen LogP contribution in [-0.4, -0.2) is 24.8 Å². The molecule has 0 atom stereocenters. The molecule has 1 N–H and O–H groups in total. The van der Waals surface area contributed by atoms with Crippen LogP contribution >= 0.6 is 0 Å². The Morgan fingerprint density at radius 3 is 2.86 bits per heavy atom. The van der Waals surface area contributed by atoms with E-state index >= 15 is 0 Å². The summed E-state index contributed by atoms with van der Waals surface area (Å²) in [5, 5.41) is 14.2. The second-order valence-corrected chi connectivity index (χ2v) is 3.09. The summed E-state index contributed by atoms with van der Waals surface area (Å²) in [5.41, 5.74) is 1.19. The largest absolute Gasteiger partial charge is 0.353 e. The first-order chi connectivity index (χ1) is 6.77. The zero-order valence-corrected chi connectivity index (χ0v) is 8.18. The summed E-state index contributed by atoms with van der Waals surface area (Å²) in [5.74, 6) is 0.672. The second-order valence-electron chi connectivity index (χ2n) is 3.09. The van der Waals surface area contributed by atoms with Gasteiger partial charge in [0.25, 0.3) is 0 Å². The minimum Gasteiger partial charge on any atom is -0.353 e. The summed E-state index contributed by atoms with van der Waals surface area (Å²) in [7, 11) is 3.80. The average Bonchev–Trinajstić information content (AvgIpc) is 2.72. The molecule has 2 aromatic heterocycles. The molecule has 0 unspecified atom stereocenters. The Morgan fingerprint density at radius 1 is 1.43 bits per heavy atom. The molecule has 0 spiro atoms. The van der Waals surface area contributed by atoms with Gasteiger partial charge in [0, 0.05) is 26.0 Å². The van der Waals surface area contributed by atoms with Crippen molar-refractivity contribution in [3.8, 4) is 0 Å². The summed E-state index contributed by atoms with van der Waals surface area (Å²) in [6, 6.07) is 4.06. The number of nitrogens with one attached hydrogen (secondary N) is 1. The van der Waals surface area contributed by atoms with Crippen molar-refractivity contribution in [3.05, 3.63) is 24.0 Å². The summed E-state index contributed by atoms with van der Waals surface area (Å²) in [4.78, 5) is 0. The molecule has 0 saturated heterocycles. The van der Waals surface area contributed by atoms with Crippen molar-refractivity contribution in [1.82, 2.24) is 24.8 Å². The fraction of sp³-hybridized carbons (Fsp3) is 0.375. The third kappa shape index (κ3) is 1.59. The van der Waals surface area contributed by atoms with Crippen LogP contribution in [0.15, 0.2) is 18.3 Å². The molecule has 0 radical (unpaired) electrons. The van der Waals surface area contributed by atoms with Crippen LogP contribution in [0.5, 0.6) is 0 Å². The fourth-order valence-corrected chi connectivity index (χ4v) is 1.23. The van der Waals surface area contributed by atoms with Crippen LogP contribution in [0, 0.1) is 0 Å². The first-order valence-corrected chi connectivity index (χ1v) is 4.34. The van der Waals surface area contributed by atoms with Gasteiger partial charge in [-0.25, -0.2) is 4.68 Å². The second kappa shape index (κ2) is 3.49. The van der Waals surface area contributed by atoms with Gasteiger partial charge in [-0.05, 0) is 22.6 Å². The molecule has 6 heteroatoms. The van der Waals surface area contributed by atoms with Crippen molar-refractivity contribution in [3.63, 3.8) is 0 Å². The molecular weight excluding hydrogens is 180 g/mol. The van der Waals surface area contributed by atoms with Gasteiger partial charge < -0.3 is 9.88 Å². The van der Waals surface area contributed by atoms with E-state index in [2.05, 4.69) is 31.5 Å². The Hall–Kier alpha value is -1.85. The summed E-state index contributed by atoms with van der Waals surface area (Å²) in [6.07, 6.45) is 2.01. The first kappa shape index (κ1) is 8.74. The van der Waals surface area contributed by atoms with Gasteiger partial charge in [0.15, 0.2) is 0 Å². The predicted molar refractivity (Wildman–Crippen MR) is 51.5 cm³/mol. The Labute approximate surface area is 81.5 Å². The number of hydrogen-bond donors (Lipinski definition) is 1. The Bertz CT molecular complexity index is 375. The molecule has 0 aliphatic heterocycles. The third-order valence-corrected chi connectivity index (χ3v) is 2.10. The van der Waals surface area contributed by atoms with Crippen molar-refractivity contribution in [2.45, 2.75) is 6.54 Å². The van der Waals surface area contributed by atoms with Crippen LogP contribution in [0.4, 0.5) is 5.95 Å². The van der Waals surface area contributed by atoms with Crippen molar-refractivity contribution in [1.29, 1.82) is 0 Å². The molecule has 2 aromatic rings. The van der Waals surface area contributed by atoms with Gasteiger partial charge in [0.2, 0.25) is 5.95 Å². The highest BCUT2D eigenvalue weighted by Crippen LogP contribution is 2.03. The molecule has 0 amide bonds. The van der Waals surface area contributed by atoms with Crippen molar-refractivity contribution in [2.24, 2.45) is 14.1 Å². The first-order valence-electron chi connectivity index (χ1n) is 4.34. The minimum atomic E-state index is 0.672. The van der Waals surface area contributed by atoms with Crippen LogP contribution in [0.1, 0.15) is 5.69 Å². The number of aromatic nitrogens is 5. The number of anilines is 1. The van der Waals surface area contributed by atoms with Crippen LogP contribution in [-0.2, 0) is 20.6 Å². The van der Waals surface area contributed by atoms with Gasteiger partial charge >= 0.3 is 0 Å². The van der Waals surface area contributed by atoms with E-state index in [-0.39, 0.29) is 0 Å². The Morgan fingerprint density at radius 2 is 2.29 bits per heavy atom. The van der Waals surface area contributed by atoms with Gasteiger partial charge in [-0.15, -0.1) is 0 Å².